The van der Waals surface area contributed by atoms with Gasteiger partial charge in [-0.3, -0.25) is 4.79 Å². The highest BCUT2D eigenvalue weighted by molar-refractivity contribution is 6.32. The van der Waals surface area contributed by atoms with E-state index >= 15 is 0 Å². The van der Waals surface area contributed by atoms with Crippen molar-refractivity contribution in [2.24, 2.45) is 0 Å². The van der Waals surface area contributed by atoms with Gasteiger partial charge >= 0.3 is 0 Å². The predicted molar refractivity (Wildman–Crippen MR) is 86.8 cm³/mol. The van der Waals surface area contributed by atoms with Crippen LogP contribution in [0.3, 0.4) is 0 Å². The summed E-state index contributed by atoms with van der Waals surface area (Å²) >= 11 is 6.01. The fourth-order valence-electron chi connectivity index (χ4n) is 1.78. The Morgan fingerprint density at radius 2 is 1.90 bits per heavy atom. The zero-order valence-electron chi connectivity index (χ0n) is 11.9. The summed E-state index contributed by atoms with van der Waals surface area (Å²) in [6.07, 6.45) is 3.25. The van der Waals surface area contributed by atoms with Gasteiger partial charge < -0.3 is 10.1 Å². The lowest BCUT2D eigenvalue weighted by Gasteiger charge is -2.06. The van der Waals surface area contributed by atoms with E-state index in [2.05, 4.69) is 5.32 Å². The highest BCUT2D eigenvalue weighted by atomic mass is 35.5. The number of carbonyl (C=O) groups is 1. The third-order valence-corrected chi connectivity index (χ3v) is 3.22. The minimum Gasteiger partial charge on any atom is -0.495 e. The Morgan fingerprint density at radius 1 is 1.19 bits per heavy atom. The molecule has 21 heavy (non-hydrogen) atoms. The summed E-state index contributed by atoms with van der Waals surface area (Å²) in [6, 6.07) is 13.0. The van der Waals surface area contributed by atoms with E-state index in [4.69, 9.17) is 16.3 Å². The van der Waals surface area contributed by atoms with Crippen molar-refractivity contribution >= 4 is 29.3 Å². The second-order valence-corrected chi connectivity index (χ2v) is 4.99. The standard InChI is InChI=1S/C17H16ClNO2/c1-12-3-5-13(6-4-12)7-10-17(20)19-14-8-9-16(21-2)15(18)11-14/h3-11H,1-2H3,(H,19,20)/b10-7+. The van der Waals surface area contributed by atoms with E-state index in [0.29, 0.717) is 16.5 Å². The van der Waals surface area contributed by atoms with Gasteiger partial charge in [0, 0.05) is 11.8 Å². The summed E-state index contributed by atoms with van der Waals surface area (Å²) < 4.78 is 5.06. The van der Waals surface area contributed by atoms with E-state index in [0.717, 1.165) is 5.56 Å². The first-order chi connectivity index (χ1) is 10.1. The molecule has 108 valence electrons. The molecule has 0 aromatic heterocycles. The van der Waals surface area contributed by atoms with Gasteiger partial charge in [0.25, 0.3) is 0 Å². The number of carbonyl (C=O) groups excluding carboxylic acids is 1. The minimum atomic E-state index is -0.211. The van der Waals surface area contributed by atoms with Crippen molar-refractivity contribution in [3.05, 3.63) is 64.7 Å². The molecule has 0 bridgehead atoms. The van der Waals surface area contributed by atoms with Crippen LogP contribution >= 0.6 is 11.6 Å². The molecule has 3 nitrogen and oxygen atoms in total. The van der Waals surface area contributed by atoms with E-state index in [1.807, 2.05) is 31.2 Å². The molecule has 1 N–H and O–H groups in total. The normalized spacial score (nSPS) is 10.6. The van der Waals surface area contributed by atoms with Crippen LogP contribution in [-0.2, 0) is 4.79 Å². The van der Waals surface area contributed by atoms with Crippen molar-refractivity contribution in [3.8, 4) is 5.75 Å². The zero-order valence-corrected chi connectivity index (χ0v) is 12.6. The second kappa shape index (κ2) is 6.95. The van der Waals surface area contributed by atoms with Crippen molar-refractivity contribution in [2.45, 2.75) is 6.92 Å². The van der Waals surface area contributed by atoms with Crippen molar-refractivity contribution in [1.29, 1.82) is 0 Å². The molecule has 0 atom stereocenters. The van der Waals surface area contributed by atoms with Crippen LogP contribution in [0.4, 0.5) is 5.69 Å². The first kappa shape index (κ1) is 15.1. The van der Waals surface area contributed by atoms with Crippen LogP contribution in [-0.4, -0.2) is 13.0 Å². The number of methoxy groups -OCH3 is 1. The third-order valence-electron chi connectivity index (χ3n) is 2.92. The number of ether oxygens (including phenoxy) is 1. The number of rotatable bonds is 4. The predicted octanol–water partition coefficient (Wildman–Crippen LogP) is 4.31. The number of hydrogen-bond acceptors (Lipinski definition) is 2. The van der Waals surface area contributed by atoms with E-state index < -0.39 is 0 Å². The number of aryl methyl sites for hydroxylation is 1. The molecule has 0 aliphatic carbocycles. The fraction of sp³-hybridized carbons (Fsp3) is 0.118. The molecule has 0 radical (unpaired) electrons. The molecule has 0 unspecified atom stereocenters. The summed E-state index contributed by atoms with van der Waals surface area (Å²) in [5.74, 6) is 0.363. The van der Waals surface area contributed by atoms with Gasteiger partial charge in [-0.25, -0.2) is 0 Å². The largest absolute Gasteiger partial charge is 0.495 e. The molecule has 0 aliphatic rings. The maximum Gasteiger partial charge on any atom is 0.248 e. The Kier molecular flexibility index (Phi) is 5.01. The lowest BCUT2D eigenvalue weighted by atomic mass is 10.1. The Labute approximate surface area is 129 Å². The van der Waals surface area contributed by atoms with Crippen LogP contribution in [0.25, 0.3) is 6.08 Å². The average Bonchev–Trinajstić information content (AvgIpc) is 2.47. The average molecular weight is 302 g/mol. The molecule has 0 aliphatic heterocycles. The Balaban J connectivity index is 2.01. The summed E-state index contributed by atoms with van der Waals surface area (Å²) in [4.78, 5) is 11.8. The topological polar surface area (TPSA) is 38.3 Å². The van der Waals surface area contributed by atoms with Gasteiger partial charge in [-0.2, -0.15) is 0 Å². The van der Waals surface area contributed by atoms with Gasteiger partial charge in [0.15, 0.2) is 0 Å². The minimum absolute atomic E-state index is 0.211. The van der Waals surface area contributed by atoms with E-state index in [1.54, 1.807) is 31.4 Å². The molecular formula is C17H16ClNO2. The highest BCUT2D eigenvalue weighted by Gasteiger charge is 2.03. The molecule has 2 rings (SSSR count). The molecular weight excluding hydrogens is 286 g/mol. The number of halogens is 1. The molecule has 0 spiro atoms. The number of hydrogen-bond donors (Lipinski definition) is 1. The monoisotopic (exact) mass is 301 g/mol. The summed E-state index contributed by atoms with van der Waals surface area (Å²) in [5.41, 5.74) is 2.78. The lowest BCUT2D eigenvalue weighted by molar-refractivity contribution is -0.111. The fourth-order valence-corrected chi connectivity index (χ4v) is 2.04. The Bertz CT molecular complexity index is 663. The Morgan fingerprint density at radius 3 is 2.52 bits per heavy atom. The van der Waals surface area contributed by atoms with E-state index in [9.17, 15) is 4.79 Å². The van der Waals surface area contributed by atoms with Gasteiger partial charge in [-0.1, -0.05) is 41.4 Å². The summed E-state index contributed by atoms with van der Waals surface area (Å²) in [6.45, 7) is 2.02. The van der Waals surface area contributed by atoms with Crippen LogP contribution in [0.5, 0.6) is 5.75 Å². The first-order valence-electron chi connectivity index (χ1n) is 6.48. The highest BCUT2D eigenvalue weighted by Crippen LogP contribution is 2.27. The molecule has 1 amide bonds. The molecule has 0 saturated heterocycles. The van der Waals surface area contributed by atoms with Gasteiger partial charge in [0.2, 0.25) is 5.91 Å². The van der Waals surface area contributed by atoms with Crippen LogP contribution in [0, 0.1) is 6.92 Å². The lowest BCUT2D eigenvalue weighted by Crippen LogP contribution is -2.07. The van der Waals surface area contributed by atoms with Crippen LogP contribution < -0.4 is 10.1 Å². The summed E-state index contributed by atoms with van der Waals surface area (Å²) in [5, 5.41) is 3.21. The van der Waals surface area contributed by atoms with Crippen LogP contribution in [0.2, 0.25) is 5.02 Å². The number of benzene rings is 2. The number of amides is 1. The second-order valence-electron chi connectivity index (χ2n) is 4.58. The molecule has 0 heterocycles. The number of anilines is 1. The van der Waals surface area contributed by atoms with Crippen molar-refractivity contribution in [2.75, 3.05) is 12.4 Å². The number of nitrogens with one attached hydrogen (secondary N) is 1. The van der Waals surface area contributed by atoms with Crippen molar-refractivity contribution < 1.29 is 9.53 Å². The Hall–Kier alpha value is -2.26. The maximum atomic E-state index is 11.8. The van der Waals surface area contributed by atoms with Crippen LogP contribution in [0.1, 0.15) is 11.1 Å². The first-order valence-corrected chi connectivity index (χ1v) is 6.85. The zero-order chi connectivity index (χ0) is 15.2. The van der Waals surface area contributed by atoms with E-state index in [1.165, 1.54) is 11.6 Å². The van der Waals surface area contributed by atoms with Gasteiger partial charge in [0.05, 0.1) is 12.1 Å². The van der Waals surface area contributed by atoms with Crippen molar-refractivity contribution in [3.63, 3.8) is 0 Å². The van der Waals surface area contributed by atoms with Gasteiger partial charge in [0.1, 0.15) is 5.75 Å². The van der Waals surface area contributed by atoms with E-state index in [-0.39, 0.29) is 5.91 Å². The quantitative estimate of drug-likeness (QED) is 0.855. The molecule has 2 aromatic rings. The molecule has 2 aromatic carbocycles. The summed E-state index contributed by atoms with van der Waals surface area (Å²) in [7, 11) is 1.55. The molecule has 0 fully saturated rings. The SMILES string of the molecule is COc1ccc(NC(=O)/C=C/c2ccc(C)cc2)cc1Cl. The molecule has 0 saturated carbocycles. The third kappa shape index (κ3) is 4.36. The van der Waals surface area contributed by atoms with Crippen LogP contribution in [0.15, 0.2) is 48.5 Å². The smallest absolute Gasteiger partial charge is 0.248 e. The maximum absolute atomic E-state index is 11.8. The van der Waals surface area contributed by atoms with Crippen molar-refractivity contribution in [1.82, 2.24) is 0 Å². The molecule has 4 heteroatoms. The van der Waals surface area contributed by atoms with Gasteiger partial charge in [-0.05, 0) is 36.8 Å². The van der Waals surface area contributed by atoms with Gasteiger partial charge in [-0.15, -0.1) is 0 Å².